The van der Waals surface area contributed by atoms with E-state index in [0.29, 0.717) is 12.8 Å². The van der Waals surface area contributed by atoms with Crippen LogP contribution < -0.4 is 5.11 Å². The molecule has 0 saturated carbocycles. The fraction of sp³-hybridized carbons (Fsp3) is 0.857. The minimum absolute atomic E-state index is 0.0425. The van der Waals surface area contributed by atoms with Gasteiger partial charge in [-0.25, -0.2) is 0 Å². The number of carbonyl (C=O) groups is 3. The third-order valence-corrected chi connectivity index (χ3v) is 10.9. The Morgan fingerprint density at radius 1 is 0.544 bits per heavy atom. The summed E-state index contributed by atoms with van der Waals surface area (Å²) in [6.45, 7) is 4.58. The Kier molecular flexibility index (Phi) is 39.0. The molecule has 0 N–H and O–H groups in total. The number of carbonyl (C=O) groups excluding carboxylic acids is 3. The molecule has 0 spiro atoms. The normalized spacial score (nSPS) is 13.1. The molecule has 0 radical (unpaired) electrons. The molecule has 0 bridgehead atoms. The first-order valence-corrected chi connectivity index (χ1v) is 23.9. The Labute approximate surface area is 351 Å². The molecule has 8 heteroatoms. The van der Waals surface area contributed by atoms with Crippen molar-refractivity contribution < 1.29 is 38.2 Å². The van der Waals surface area contributed by atoms with Crippen LogP contribution in [0.5, 0.6) is 0 Å². The number of likely N-dealkylation sites (N-methyl/N-ethyl adjacent to an activating group) is 1. The summed E-state index contributed by atoms with van der Waals surface area (Å²) in [7, 11) is 5.41. The van der Waals surface area contributed by atoms with Crippen LogP contribution in [-0.2, 0) is 28.6 Å². The van der Waals surface area contributed by atoms with E-state index in [-0.39, 0.29) is 42.7 Å². The van der Waals surface area contributed by atoms with Crippen molar-refractivity contribution in [1.82, 2.24) is 0 Å². The molecule has 0 rings (SSSR count). The predicted octanol–water partition coefficient (Wildman–Crippen LogP) is 11.9. The summed E-state index contributed by atoms with van der Waals surface area (Å²) in [6, 6.07) is -0.724. The minimum atomic E-state index is -1.12. The van der Waals surface area contributed by atoms with Gasteiger partial charge in [0.05, 0.1) is 40.3 Å². The van der Waals surface area contributed by atoms with Crippen LogP contribution in [0.15, 0.2) is 24.3 Å². The van der Waals surface area contributed by atoms with E-state index in [1.807, 2.05) is 0 Å². The van der Waals surface area contributed by atoms with E-state index in [1.165, 1.54) is 128 Å². The molecular formula is C49H91NO7. The van der Waals surface area contributed by atoms with Gasteiger partial charge in [0.2, 0.25) is 0 Å². The van der Waals surface area contributed by atoms with E-state index in [9.17, 15) is 19.5 Å². The number of esters is 2. The summed E-state index contributed by atoms with van der Waals surface area (Å²) in [4.78, 5) is 36.9. The smallest absolute Gasteiger partial charge is 0.306 e. The van der Waals surface area contributed by atoms with Gasteiger partial charge in [-0.15, -0.1) is 0 Å². The van der Waals surface area contributed by atoms with Gasteiger partial charge in [-0.1, -0.05) is 186 Å². The lowest BCUT2D eigenvalue weighted by atomic mass is 10.0. The van der Waals surface area contributed by atoms with E-state index in [1.54, 1.807) is 21.1 Å². The fourth-order valence-corrected chi connectivity index (χ4v) is 7.17. The second kappa shape index (κ2) is 40.6. The SMILES string of the molecule is CC/C=C/C/C=C/CCCCCCCCCC(=O)OCC(COCCC(C(=O)[O-])[N+](C)(C)C)OC(=O)CCCCCCCCCCCCCCCCCCCCC. The molecule has 0 aromatic heterocycles. The van der Waals surface area contributed by atoms with Crippen molar-refractivity contribution in [1.29, 1.82) is 0 Å². The van der Waals surface area contributed by atoms with Gasteiger partial charge in [0, 0.05) is 19.3 Å². The number of unbranched alkanes of at least 4 members (excludes halogenated alkanes) is 25. The molecule has 0 fully saturated rings. The number of hydrogen-bond donors (Lipinski definition) is 0. The Morgan fingerprint density at radius 2 is 0.982 bits per heavy atom. The first kappa shape index (κ1) is 54.8. The lowest BCUT2D eigenvalue weighted by Gasteiger charge is -2.34. The van der Waals surface area contributed by atoms with Crippen molar-refractivity contribution in [3.8, 4) is 0 Å². The summed E-state index contributed by atoms with van der Waals surface area (Å²) in [5.41, 5.74) is 0. The van der Waals surface area contributed by atoms with Crippen molar-refractivity contribution in [2.75, 3.05) is 41.0 Å². The molecule has 0 aliphatic carbocycles. The van der Waals surface area contributed by atoms with Crippen LogP contribution in [0.2, 0.25) is 0 Å². The van der Waals surface area contributed by atoms with Gasteiger partial charge in [-0.05, 0) is 38.5 Å². The lowest BCUT2D eigenvalue weighted by Crippen LogP contribution is -2.55. The van der Waals surface area contributed by atoms with Crippen LogP contribution in [-0.4, -0.2) is 75.5 Å². The Balaban J connectivity index is 4.25. The number of quaternary nitrogens is 1. The average Bonchev–Trinajstić information content (AvgIpc) is 3.17. The van der Waals surface area contributed by atoms with Crippen molar-refractivity contribution >= 4 is 17.9 Å². The van der Waals surface area contributed by atoms with Gasteiger partial charge >= 0.3 is 11.9 Å². The summed E-state index contributed by atoms with van der Waals surface area (Å²) >= 11 is 0. The number of carboxylic acid groups (broad SMARTS) is 1. The number of ether oxygens (including phenoxy) is 3. The largest absolute Gasteiger partial charge is 0.544 e. The fourth-order valence-electron chi connectivity index (χ4n) is 7.17. The highest BCUT2D eigenvalue weighted by atomic mass is 16.6. The Morgan fingerprint density at radius 3 is 1.44 bits per heavy atom. The Bertz CT molecular complexity index is 989. The highest BCUT2D eigenvalue weighted by Gasteiger charge is 2.25. The van der Waals surface area contributed by atoms with Crippen LogP contribution in [0.25, 0.3) is 0 Å². The summed E-state index contributed by atoms with van der Waals surface area (Å²) in [6.07, 6.45) is 44.9. The van der Waals surface area contributed by atoms with Crippen molar-refractivity contribution in [2.24, 2.45) is 0 Å². The molecule has 0 aliphatic rings. The summed E-state index contributed by atoms with van der Waals surface area (Å²) in [5.74, 6) is -1.73. The van der Waals surface area contributed by atoms with E-state index < -0.39 is 18.1 Å². The molecule has 2 unspecified atom stereocenters. The van der Waals surface area contributed by atoms with Gasteiger partial charge < -0.3 is 28.6 Å². The number of hydrogen-bond acceptors (Lipinski definition) is 7. The van der Waals surface area contributed by atoms with Crippen LogP contribution in [0.1, 0.15) is 219 Å². The zero-order chi connectivity index (χ0) is 42.1. The van der Waals surface area contributed by atoms with Gasteiger partial charge in [-0.2, -0.15) is 0 Å². The van der Waals surface area contributed by atoms with Crippen LogP contribution in [0.4, 0.5) is 0 Å². The monoisotopic (exact) mass is 806 g/mol. The highest BCUT2D eigenvalue weighted by Crippen LogP contribution is 2.16. The quantitative estimate of drug-likeness (QED) is 0.0262. The van der Waals surface area contributed by atoms with E-state index in [2.05, 4.69) is 38.2 Å². The van der Waals surface area contributed by atoms with Crippen molar-refractivity contribution in [3.05, 3.63) is 24.3 Å². The highest BCUT2D eigenvalue weighted by molar-refractivity contribution is 5.70. The first-order chi connectivity index (χ1) is 27.6. The number of nitrogens with zero attached hydrogens (tertiary/aromatic N) is 1. The minimum Gasteiger partial charge on any atom is -0.544 e. The average molecular weight is 806 g/mol. The molecule has 57 heavy (non-hydrogen) atoms. The van der Waals surface area contributed by atoms with E-state index in [4.69, 9.17) is 14.2 Å². The lowest BCUT2D eigenvalue weighted by molar-refractivity contribution is -0.889. The maximum Gasteiger partial charge on any atom is 0.306 e. The third-order valence-electron chi connectivity index (χ3n) is 10.9. The maximum absolute atomic E-state index is 12.7. The standard InChI is InChI=1S/C49H91NO7/c1-6-8-10-12-14-16-18-20-22-23-24-25-26-28-30-32-34-36-38-40-48(52)57-45(43-55-42-41-46(49(53)54)50(3,4)5)44-56-47(51)39-37-35-33-31-29-27-21-19-17-15-13-11-9-7-2/h9,11,15,17,45-46H,6-8,10,12-14,16,18-44H2,1-5H3/b11-9+,17-15+. The van der Waals surface area contributed by atoms with E-state index >= 15 is 0 Å². The van der Waals surface area contributed by atoms with Gasteiger partial charge in [0.15, 0.2) is 6.10 Å². The zero-order valence-corrected chi connectivity index (χ0v) is 38.0. The number of carboxylic acids is 1. The second-order valence-corrected chi connectivity index (χ2v) is 17.3. The predicted molar refractivity (Wildman–Crippen MR) is 236 cm³/mol. The van der Waals surface area contributed by atoms with Gasteiger partial charge in [-0.3, -0.25) is 9.59 Å². The van der Waals surface area contributed by atoms with E-state index in [0.717, 1.165) is 57.8 Å². The molecule has 2 atom stereocenters. The van der Waals surface area contributed by atoms with Crippen LogP contribution in [0.3, 0.4) is 0 Å². The summed E-state index contributed by atoms with van der Waals surface area (Å²) in [5, 5.41) is 11.6. The van der Waals surface area contributed by atoms with Gasteiger partial charge in [0.25, 0.3) is 0 Å². The molecule has 8 nitrogen and oxygen atoms in total. The molecule has 0 aromatic rings. The zero-order valence-electron chi connectivity index (χ0n) is 38.0. The number of rotatable bonds is 43. The molecule has 0 amide bonds. The van der Waals surface area contributed by atoms with Crippen LogP contribution >= 0.6 is 0 Å². The first-order valence-electron chi connectivity index (χ1n) is 23.9. The topological polar surface area (TPSA) is 102 Å². The number of allylic oxidation sites excluding steroid dienone is 4. The molecular weight excluding hydrogens is 715 g/mol. The van der Waals surface area contributed by atoms with Crippen molar-refractivity contribution in [2.45, 2.75) is 231 Å². The third kappa shape index (κ3) is 39.1. The second-order valence-electron chi connectivity index (χ2n) is 17.3. The van der Waals surface area contributed by atoms with Crippen molar-refractivity contribution in [3.63, 3.8) is 0 Å². The Hall–Kier alpha value is -2.19. The van der Waals surface area contributed by atoms with Crippen LogP contribution in [0, 0.1) is 0 Å². The van der Waals surface area contributed by atoms with Gasteiger partial charge in [0.1, 0.15) is 12.6 Å². The molecule has 334 valence electrons. The molecule has 0 aromatic carbocycles. The summed E-state index contributed by atoms with van der Waals surface area (Å²) < 4.78 is 17.2. The maximum atomic E-state index is 12.7. The molecule has 0 aliphatic heterocycles. The molecule has 0 saturated heterocycles. The number of aliphatic carboxylic acids is 1. The molecule has 0 heterocycles.